The zero-order valence-electron chi connectivity index (χ0n) is 10.7. The molecule has 0 bridgehead atoms. The van der Waals surface area contributed by atoms with Gasteiger partial charge in [-0.1, -0.05) is 0 Å². The molecular weight excluding hydrogens is 250 g/mol. The first kappa shape index (κ1) is 13.2. The van der Waals surface area contributed by atoms with E-state index < -0.39 is 10.0 Å². The second-order valence-corrected chi connectivity index (χ2v) is 6.49. The van der Waals surface area contributed by atoms with E-state index in [1.54, 1.807) is 6.07 Å². The maximum atomic E-state index is 11.2. The third kappa shape index (κ3) is 3.61. The van der Waals surface area contributed by atoms with E-state index in [1.165, 1.54) is 0 Å². The average Bonchev–Trinajstić information content (AvgIpc) is 2.73. The van der Waals surface area contributed by atoms with Crippen LogP contribution in [0.25, 0.3) is 0 Å². The third-order valence-electron chi connectivity index (χ3n) is 2.95. The zero-order chi connectivity index (χ0) is 13.2. The van der Waals surface area contributed by atoms with Crippen molar-refractivity contribution in [2.24, 2.45) is 0 Å². The zero-order valence-corrected chi connectivity index (χ0v) is 11.5. The SMILES string of the molecule is Cc1cc(NC2CCNC2)ccc1NS(C)(=O)=O. The quantitative estimate of drug-likeness (QED) is 0.766. The Morgan fingerprint density at radius 2 is 2.17 bits per heavy atom. The van der Waals surface area contributed by atoms with Crippen LogP contribution in [0.2, 0.25) is 0 Å². The van der Waals surface area contributed by atoms with Crippen molar-refractivity contribution in [1.82, 2.24) is 5.32 Å². The molecule has 5 nitrogen and oxygen atoms in total. The van der Waals surface area contributed by atoms with Gasteiger partial charge in [-0.2, -0.15) is 0 Å². The summed E-state index contributed by atoms with van der Waals surface area (Å²) in [5, 5.41) is 6.73. The largest absolute Gasteiger partial charge is 0.381 e. The molecule has 1 aromatic rings. The molecule has 1 fully saturated rings. The fourth-order valence-corrected chi connectivity index (χ4v) is 2.71. The molecule has 1 heterocycles. The molecule has 100 valence electrons. The molecule has 1 saturated heterocycles. The molecule has 0 aliphatic carbocycles. The summed E-state index contributed by atoms with van der Waals surface area (Å²) in [6.45, 7) is 3.92. The van der Waals surface area contributed by atoms with E-state index in [-0.39, 0.29) is 0 Å². The Balaban J connectivity index is 2.09. The summed E-state index contributed by atoms with van der Waals surface area (Å²) >= 11 is 0. The second-order valence-electron chi connectivity index (χ2n) is 4.74. The summed E-state index contributed by atoms with van der Waals surface area (Å²) < 4.78 is 24.9. The average molecular weight is 269 g/mol. The minimum atomic E-state index is -3.22. The summed E-state index contributed by atoms with van der Waals surface area (Å²) in [6, 6.07) is 6.12. The Bertz CT molecular complexity index is 522. The molecule has 3 N–H and O–H groups in total. The lowest BCUT2D eigenvalue weighted by atomic mass is 10.1. The van der Waals surface area contributed by atoms with Crippen molar-refractivity contribution >= 4 is 21.4 Å². The molecule has 1 aliphatic rings. The first-order valence-corrected chi connectivity index (χ1v) is 7.89. The van der Waals surface area contributed by atoms with Crippen molar-refractivity contribution in [3.63, 3.8) is 0 Å². The topological polar surface area (TPSA) is 70.2 Å². The Hall–Kier alpha value is -1.27. The van der Waals surface area contributed by atoms with Gasteiger partial charge in [0, 0.05) is 18.3 Å². The highest BCUT2D eigenvalue weighted by Crippen LogP contribution is 2.21. The van der Waals surface area contributed by atoms with Crippen molar-refractivity contribution in [2.75, 3.05) is 29.4 Å². The van der Waals surface area contributed by atoms with Crippen molar-refractivity contribution < 1.29 is 8.42 Å². The highest BCUT2D eigenvalue weighted by atomic mass is 32.2. The summed E-state index contributed by atoms with van der Waals surface area (Å²) in [6.07, 6.45) is 2.27. The van der Waals surface area contributed by atoms with Gasteiger partial charge in [-0.05, 0) is 43.7 Å². The Labute approximate surface area is 108 Å². The normalized spacial score (nSPS) is 19.8. The van der Waals surface area contributed by atoms with Crippen LogP contribution in [0.1, 0.15) is 12.0 Å². The first-order valence-electron chi connectivity index (χ1n) is 6.00. The molecule has 1 atom stereocenters. The van der Waals surface area contributed by atoms with Crippen LogP contribution in [0.3, 0.4) is 0 Å². The lowest BCUT2D eigenvalue weighted by Gasteiger charge is -2.15. The van der Waals surface area contributed by atoms with Gasteiger partial charge in [0.2, 0.25) is 10.0 Å². The van der Waals surface area contributed by atoms with E-state index in [9.17, 15) is 8.42 Å². The number of benzene rings is 1. The van der Waals surface area contributed by atoms with Gasteiger partial charge < -0.3 is 10.6 Å². The molecule has 1 unspecified atom stereocenters. The number of hydrogen-bond donors (Lipinski definition) is 3. The standard InChI is InChI=1S/C12H19N3O2S/c1-9-7-10(14-11-5-6-13-8-11)3-4-12(9)15-18(2,16)17/h3-4,7,11,13-15H,5-6,8H2,1-2H3. The molecular formula is C12H19N3O2S. The number of nitrogens with one attached hydrogen (secondary N) is 3. The highest BCUT2D eigenvalue weighted by Gasteiger charge is 2.14. The van der Waals surface area contributed by atoms with Crippen molar-refractivity contribution in [2.45, 2.75) is 19.4 Å². The molecule has 1 aromatic carbocycles. The number of hydrogen-bond acceptors (Lipinski definition) is 4. The van der Waals surface area contributed by atoms with Crippen LogP contribution in [0, 0.1) is 6.92 Å². The maximum absolute atomic E-state index is 11.2. The van der Waals surface area contributed by atoms with Gasteiger partial charge in [-0.3, -0.25) is 4.72 Å². The first-order chi connectivity index (χ1) is 8.44. The summed E-state index contributed by atoms with van der Waals surface area (Å²) in [4.78, 5) is 0. The van der Waals surface area contributed by atoms with E-state index in [0.717, 1.165) is 37.0 Å². The molecule has 18 heavy (non-hydrogen) atoms. The van der Waals surface area contributed by atoms with E-state index in [4.69, 9.17) is 0 Å². The lowest BCUT2D eigenvalue weighted by Crippen LogP contribution is -2.22. The number of sulfonamides is 1. The molecule has 0 radical (unpaired) electrons. The fourth-order valence-electron chi connectivity index (χ4n) is 2.08. The van der Waals surface area contributed by atoms with Crippen LogP contribution in [0.15, 0.2) is 18.2 Å². The molecule has 0 spiro atoms. The Morgan fingerprint density at radius 1 is 1.39 bits per heavy atom. The van der Waals surface area contributed by atoms with E-state index in [1.807, 2.05) is 19.1 Å². The number of aryl methyl sites for hydroxylation is 1. The molecule has 0 saturated carbocycles. The van der Waals surface area contributed by atoms with Crippen LogP contribution in [-0.2, 0) is 10.0 Å². The van der Waals surface area contributed by atoms with Crippen LogP contribution >= 0.6 is 0 Å². The van der Waals surface area contributed by atoms with Gasteiger partial charge in [-0.15, -0.1) is 0 Å². The Kier molecular flexibility index (Phi) is 3.77. The van der Waals surface area contributed by atoms with E-state index >= 15 is 0 Å². The predicted octanol–water partition coefficient (Wildman–Crippen LogP) is 1.14. The van der Waals surface area contributed by atoms with Crippen LogP contribution in [0.4, 0.5) is 11.4 Å². The lowest BCUT2D eigenvalue weighted by molar-refractivity contribution is 0.607. The maximum Gasteiger partial charge on any atom is 0.229 e. The number of anilines is 2. The molecule has 6 heteroatoms. The van der Waals surface area contributed by atoms with Crippen molar-refractivity contribution in [1.29, 1.82) is 0 Å². The van der Waals surface area contributed by atoms with Gasteiger partial charge in [0.15, 0.2) is 0 Å². The van der Waals surface area contributed by atoms with E-state index in [2.05, 4.69) is 15.4 Å². The minimum Gasteiger partial charge on any atom is -0.381 e. The van der Waals surface area contributed by atoms with Crippen molar-refractivity contribution in [3.05, 3.63) is 23.8 Å². The van der Waals surface area contributed by atoms with Crippen molar-refractivity contribution in [3.8, 4) is 0 Å². The van der Waals surface area contributed by atoms with Crippen LogP contribution in [-0.4, -0.2) is 33.8 Å². The smallest absolute Gasteiger partial charge is 0.229 e. The van der Waals surface area contributed by atoms with Crippen LogP contribution in [0.5, 0.6) is 0 Å². The van der Waals surface area contributed by atoms with E-state index in [0.29, 0.717) is 11.7 Å². The molecule has 2 rings (SSSR count). The molecule has 0 aromatic heterocycles. The van der Waals surface area contributed by atoms with Crippen LogP contribution < -0.4 is 15.4 Å². The summed E-state index contributed by atoms with van der Waals surface area (Å²) in [5.74, 6) is 0. The fraction of sp³-hybridized carbons (Fsp3) is 0.500. The van der Waals surface area contributed by atoms with Gasteiger partial charge in [-0.25, -0.2) is 8.42 Å². The molecule has 0 amide bonds. The number of rotatable bonds is 4. The predicted molar refractivity (Wildman–Crippen MR) is 74.5 cm³/mol. The third-order valence-corrected chi connectivity index (χ3v) is 3.54. The second kappa shape index (κ2) is 5.16. The van der Waals surface area contributed by atoms with Gasteiger partial charge >= 0.3 is 0 Å². The Morgan fingerprint density at radius 3 is 2.72 bits per heavy atom. The molecule has 1 aliphatic heterocycles. The highest BCUT2D eigenvalue weighted by molar-refractivity contribution is 7.92. The van der Waals surface area contributed by atoms with Gasteiger partial charge in [0.1, 0.15) is 0 Å². The van der Waals surface area contributed by atoms with Gasteiger partial charge in [0.05, 0.1) is 11.9 Å². The summed E-state index contributed by atoms with van der Waals surface area (Å²) in [5.41, 5.74) is 2.57. The van der Waals surface area contributed by atoms with Gasteiger partial charge in [0.25, 0.3) is 0 Å². The monoisotopic (exact) mass is 269 g/mol. The minimum absolute atomic E-state index is 0.457. The summed E-state index contributed by atoms with van der Waals surface area (Å²) in [7, 11) is -3.22.